The summed E-state index contributed by atoms with van der Waals surface area (Å²) in [5.74, 6) is 1.29. The van der Waals surface area contributed by atoms with Crippen molar-refractivity contribution in [2.45, 2.75) is 24.3 Å². The van der Waals surface area contributed by atoms with Gasteiger partial charge in [0.2, 0.25) is 0 Å². The summed E-state index contributed by atoms with van der Waals surface area (Å²) < 4.78 is 11.4. The lowest BCUT2D eigenvalue weighted by Gasteiger charge is -2.02. The molecule has 1 N–H and O–H groups in total. The van der Waals surface area contributed by atoms with Gasteiger partial charge in [0.05, 0.1) is 5.75 Å². The maximum absolute atomic E-state index is 12.2. The largest absolute Gasteiger partial charge is 0.455 e. The van der Waals surface area contributed by atoms with Gasteiger partial charge < -0.3 is 14.2 Å². The number of hydrogen-bond donors (Lipinski definition) is 1. The van der Waals surface area contributed by atoms with Crippen molar-refractivity contribution in [1.29, 1.82) is 0 Å². The van der Waals surface area contributed by atoms with E-state index in [1.165, 1.54) is 11.8 Å². The number of aryl methyl sites for hydroxylation is 1. The molecule has 1 amide bonds. The normalized spacial score (nSPS) is 11.0. The molecule has 0 saturated heterocycles. The summed E-state index contributed by atoms with van der Waals surface area (Å²) in [6, 6.07) is 15.1. The first-order chi connectivity index (χ1) is 13.7. The van der Waals surface area contributed by atoms with E-state index in [1.807, 2.05) is 43.3 Å². The average molecular weight is 393 g/mol. The highest BCUT2D eigenvalue weighted by atomic mass is 32.2. The lowest BCUT2D eigenvalue weighted by molar-refractivity contribution is 0.0925. The summed E-state index contributed by atoms with van der Waals surface area (Å²) in [6.45, 7) is 2.51. The van der Waals surface area contributed by atoms with Crippen LogP contribution in [0, 0.1) is 6.92 Å². The molecule has 0 aliphatic heterocycles. The second kappa shape index (κ2) is 8.31. The van der Waals surface area contributed by atoms with Crippen LogP contribution in [0.3, 0.4) is 0 Å². The van der Waals surface area contributed by atoms with Crippen molar-refractivity contribution in [1.82, 2.24) is 15.3 Å². The number of nitrogens with zero attached hydrogens (tertiary/aromatic N) is 2. The molecule has 0 unspecified atom stereocenters. The van der Waals surface area contributed by atoms with Crippen LogP contribution >= 0.6 is 11.8 Å². The Bertz CT molecular complexity index is 1090. The van der Waals surface area contributed by atoms with Crippen LogP contribution in [0.1, 0.15) is 27.6 Å². The van der Waals surface area contributed by atoms with Gasteiger partial charge in [-0.25, -0.2) is 4.98 Å². The SMILES string of the molecule is Cc1cccc2oc(SCc3ccc(C(=O)NCCc4ccccn4)o3)nc12. The molecule has 7 heteroatoms. The summed E-state index contributed by atoms with van der Waals surface area (Å²) in [7, 11) is 0. The zero-order valence-corrected chi connectivity index (χ0v) is 16.2. The number of thioether (sulfide) groups is 1. The molecule has 3 heterocycles. The van der Waals surface area contributed by atoms with Gasteiger partial charge in [0.1, 0.15) is 11.3 Å². The first-order valence-corrected chi connectivity index (χ1v) is 9.93. The number of amides is 1. The highest BCUT2D eigenvalue weighted by Gasteiger charge is 2.13. The molecule has 6 nitrogen and oxygen atoms in total. The van der Waals surface area contributed by atoms with Crippen LogP contribution in [-0.4, -0.2) is 22.4 Å². The highest BCUT2D eigenvalue weighted by molar-refractivity contribution is 7.98. The van der Waals surface area contributed by atoms with Gasteiger partial charge in [-0.2, -0.15) is 0 Å². The Morgan fingerprint density at radius 3 is 2.86 bits per heavy atom. The third-order valence-electron chi connectivity index (χ3n) is 4.22. The van der Waals surface area contributed by atoms with Gasteiger partial charge >= 0.3 is 0 Å². The van der Waals surface area contributed by atoms with Crippen LogP contribution < -0.4 is 5.32 Å². The Balaban J connectivity index is 1.30. The topological polar surface area (TPSA) is 81.2 Å². The molecule has 0 fully saturated rings. The van der Waals surface area contributed by atoms with Gasteiger partial charge in [0, 0.05) is 24.9 Å². The van der Waals surface area contributed by atoms with E-state index in [9.17, 15) is 4.79 Å². The van der Waals surface area contributed by atoms with Crippen molar-refractivity contribution in [3.05, 3.63) is 77.5 Å². The van der Waals surface area contributed by atoms with Gasteiger partial charge in [-0.1, -0.05) is 30.0 Å². The monoisotopic (exact) mass is 393 g/mol. The van der Waals surface area contributed by atoms with Crippen molar-refractivity contribution >= 4 is 28.8 Å². The van der Waals surface area contributed by atoms with E-state index in [-0.39, 0.29) is 5.91 Å². The van der Waals surface area contributed by atoms with Crippen LogP contribution in [0.2, 0.25) is 0 Å². The Morgan fingerprint density at radius 2 is 2.04 bits per heavy atom. The molecule has 1 aromatic carbocycles. The molecular weight excluding hydrogens is 374 g/mol. The Morgan fingerprint density at radius 1 is 1.11 bits per heavy atom. The van der Waals surface area contributed by atoms with Crippen molar-refractivity contribution < 1.29 is 13.6 Å². The van der Waals surface area contributed by atoms with E-state index in [4.69, 9.17) is 8.83 Å². The predicted octanol–water partition coefficient (Wildman–Crippen LogP) is 4.39. The summed E-state index contributed by atoms with van der Waals surface area (Å²) in [4.78, 5) is 21.0. The van der Waals surface area contributed by atoms with Gasteiger partial charge in [-0.05, 0) is 42.8 Å². The van der Waals surface area contributed by atoms with E-state index in [0.717, 1.165) is 22.4 Å². The summed E-state index contributed by atoms with van der Waals surface area (Å²) in [6.07, 6.45) is 2.42. The summed E-state index contributed by atoms with van der Waals surface area (Å²) in [5.41, 5.74) is 3.66. The zero-order chi connectivity index (χ0) is 19.3. The number of carbonyl (C=O) groups excluding carboxylic acids is 1. The molecular formula is C21H19N3O3S. The van der Waals surface area contributed by atoms with E-state index >= 15 is 0 Å². The summed E-state index contributed by atoms with van der Waals surface area (Å²) in [5, 5.41) is 3.43. The molecule has 28 heavy (non-hydrogen) atoms. The van der Waals surface area contributed by atoms with Gasteiger partial charge in [-0.15, -0.1) is 0 Å². The number of rotatable bonds is 7. The molecule has 0 radical (unpaired) electrons. The zero-order valence-electron chi connectivity index (χ0n) is 15.3. The highest BCUT2D eigenvalue weighted by Crippen LogP contribution is 2.28. The van der Waals surface area contributed by atoms with Crippen LogP contribution in [0.5, 0.6) is 0 Å². The Labute approximate surface area is 166 Å². The molecule has 0 bridgehead atoms. The summed E-state index contributed by atoms with van der Waals surface area (Å²) >= 11 is 1.44. The number of furan rings is 1. The number of benzene rings is 1. The Hall–Kier alpha value is -3.06. The molecule has 0 aliphatic rings. The predicted molar refractivity (Wildman–Crippen MR) is 107 cm³/mol. The Kier molecular flexibility index (Phi) is 5.43. The quantitative estimate of drug-likeness (QED) is 0.469. The van der Waals surface area contributed by atoms with Crippen LogP contribution in [0.25, 0.3) is 11.1 Å². The molecule has 0 saturated carbocycles. The molecule has 0 aliphatic carbocycles. The lowest BCUT2D eigenvalue weighted by atomic mass is 10.2. The first-order valence-electron chi connectivity index (χ1n) is 8.95. The number of hydrogen-bond acceptors (Lipinski definition) is 6. The van der Waals surface area contributed by atoms with Crippen molar-refractivity contribution in [2.75, 3.05) is 6.54 Å². The minimum Gasteiger partial charge on any atom is -0.455 e. The lowest BCUT2D eigenvalue weighted by Crippen LogP contribution is -2.25. The number of nitrogens with one attached hydrogen (secondary N) is 1. The standard InChI is InChI=1S/C21H19N3O3S/c1-14-5-4-7-17-19(14)24-21(27-17)28-13-16-8-9-18(26-16)20(25)23-12-10-15-6-2-3-11-22-15/h2-9,11H,10,12-13H2,1H3,(H,23,25). The second-order valence-electron chi connectivity index (χ2n) is 6.28. The number of oxazole rings is 1. The fourth-order valence-electron chi connectivity index (χ4n) is 2.78. The van der Waals surface area contributed by atoms with Gasteiger partial charge in [0.15, 0.2) is 11.3 Å². The van der Waals surface area contributed by atoms with E-state index in [1.54, 1.807) is 18.3 Å². The first kappa shape index (κ1) is 18.3. The van der Waals surface area contributed by atoms with Crippen LogP contribution in [0.4, 0.5) is 0 Å². The van der Waals surface area contributed by atoms with Crippen molar-refractivity contribution in [2.24, 2.45) is 0 Å². The van der Waals surface area contributed by atoms with E-state index in [0.29, 0.717) is 35.5 Å². The minimum absolute atomic E-state index is 0.232. The van der Waals surface area contributed by atoms with Crippen LogP contribution in [0.15, 0.2) is 68.8 Å². The van der Waals surface area contributed by atoms with Crippen molar-refractivity contribution in [3.63, 3.8) is 0 Å². The number of aromatic nitrogens is 2. The van der Waals surface area contributed by atoms with Gasteiger partial charge in [-0.3, -0.25) is 9.78 Å². The maximum Gasteiger partial charge on any atom is 0.287 e. The number of pyridine rings is 1. The fourth-order valence-corrected chi connectivity index (χ4v) is 3.50. The smallest absolute Gasteiger partial charge is 0.287 e. The minimum atomic E-state index is -0.232. The molecule has 3 aromatic heterocycles. The average Bonchev–Trinajstić information content (AvgIpc) is 3.35. The molecule has 0 spiro atoms. The van der Waals surface area contributed by atoms with E-state index < -0.39 is 0 Å². The number of para-hydroxylation sites is 1. The van der Waals surface area contributed by atoms with Gasteiger partial charge in [0.25, 0.3) is 11.1 Å². The third-order valence-corrected chi connectivity index (χ3v) is 5.07. The number of carbonyl (C=O) groups is 1. The molecule has 142 valence electrons. The molecule has 4 aromatic rings. The van der Waals surface area contributed by atoms with Crippen LogP contribution in [-0.2, 0) is 12.2 Å². The van der Waals surface area contributed by atoms with Crippen molar-refractivity contribution in [3.8, 4) is 0 Å². The molecule has 4 rings (SSSR count). The fraction of sp³-hybridized carbons (Fsp3) is 0.190. The maximum atomic E-state index is 12.2. The molecule has 0 atom stereocenters. The van der Waals surface area contributed by atoms with E-state index in [2.05, 4.69) is 15.3 Å². The number of fused-ring (bicyclic) bond motifs is 1. The second-order valence-corrected chi connectivity index (χ2v) is 7.21. The third kappa shape index (κ3) is 4.26.